The fraction of sp³-hybridized carbons (Fsp3) is 0.333. The minimum atomic E-state index is -0.331. The van der Waals surface area contributed by atoms with Crippen LogP contribution >= 0.6 is 12.2 Å². The van der Waals surface area contributed by atoms with Crippen LogP contribution in [0.3, 0.4) is 0 Å². The van der Waals surface area contributed by atoms with Gasteiger partial charge in [-0.1, -0.05) is 36.4 Å². The summed E-state index contributed by atoms with van der Waals surface area (Å²) in [7, 11) is 1.60. The van der Waals surface area contributed by atoms with Gasteiger partial charge in [0.15, 0.2) is 5.11 Å². The van der Waals surface area contributed by atoms with Crippen molar-refractivity contribution in [3.8, 4) is 5.75 Å². The molecule has 7 heteroatoms. The summed E-state index contributed by atoms with van der Waals surface area (Å²) in [6.07, 6.45) is 0.813. The average Bonchev–Trinajstić information content (AvgIpc) is 2.78. The number of hydrogen-bond donors (Lipinski definition) is 2. The average molecular weight is 440 g/mol. The Hall–Kier alpha value is -2.90. The Labute approximate surface area is 189 Å². The summed E-state index contributed by atoms with van der Waals surface area (Å²) in [6, 6.07) is 16.9. The molecule has 0 saturated carbocycles. The summed E-state index contributed by atoms with van der Waals surface area (Å²) in [5.74, 6) is 0.507. The van der Waals surface area contributed by atoms with E-state index in [2.05, 4.69) is 10.6 Å². The van der Waals surface area contributed by atoms with E-state index in [0.29, 0.717) is 41.9 Å². The van der Waals surface area contributed by atoms with Crippen LogP contribution in [0.2, 0.25) is 0 Å². The highest BCUT2D eigenvalue weighted by Gasteiger charge is 2.33. The van der Waals surface area contributed by atoms with E-state index in [9.17, 15) is 4.79 Å². The number of allylic oxidation sites excluding steroid dienone is 1. The van der Waals surface area contributed by atoms with Gasteiger partial charge in [0.1, 0.15) is 5.75 Å². The van der Waals surface area contributed by atoms with Crippen molar-refractivity contribution in [1.82, 2.24) is 10.2 Å². The quantitative estimate of drug-likeness (QED) is 0.450. The van der Waals surface area contributed by atoms with Gasteiger partial charge in [-0.2, -0.15) is 0 Å². The van der Waals surface area contributed by atoms with Crippen molar-refractivity contribution >= 4 is 28.9 Å². The van der Waals surface area contributed by atoms with Crippen LogP contribution in [-0.2, 0) is 9.53 Å². The molecule has 2 N–H and O–H groups in total. The highest BCUT2D eigenvalue weighted by molar-refractivity contribution is 7.80. The number of methoxy groups -OCH3 is 1. The van der Waals surface area contributed by atoms with Crippen molar-refractivity contribution in [3.05, 3.63) is 71.4 Å². The number of rotatable bonds is 9. The molecule has 0 bridgehead atoms. The van der Waals surface area contributed by atoms with Gasteiger partial charge in [-0.3, -0.25) is 4.79 Å². The molecule has 0 aliphatic carbocycles. The van der Waals surface area contributed by atoms with Crippen molar-refractivity contribution in [2.24, 2.45) is 0 Å². The number of ether oxygens (including phenoxy) is 2. The Morgan fingerprint density at radius 1 is 1.19 bits per heavy atom. The number of thiocarbonyl (C=S) groups is 1. The second-order valence-corrected chi connectivity index (χ2v) is 7.57. The molecule has 31 heavy (non-hydrogen) atoms. The van der Waals surface area contributed by atoms with Crippen LogP contribution < -0.4 is 15.4 Å². The first-order valence-electron chi connectivity index (χ1n) is 10.4. The Morgan fingerprint density at radius 3 is 2.68 bits per heavy atom. The normalized spacial score (nSPS) is 16.2. The lowest BCUT2D eigenvalue weighted by Crippen LogP contribution is -2.48. The molecule has 3 rings (SSSR count). The molecule has 1 unspecified atom stereocenters. The van der Waals surface area contributed by atoms with Gasteiger partial charge in [0.2, 0.25) is 0 Å². The predicted molar refractivity (Wildman–Crippen MR) is 127 cm³/mol. The molecule has 0 saturated heterocycles. The fourth-order valence-electron chi connectivity index (χ4n) is 3.61. The van der Waals surface area contributed by atoms with Gasteiger partial charge in [0.05, 0.1) is 18.7 Å². The summed E-state index contributed by atoms with van der Waals surface area (Å²) >= 11 is 5.65. The lowest BCUT2D eigenvalue weighted by atomic mass is 9.94. The highest BCUT2D eigenvalue weighted by Crippen LogP contribution is 2.31. The number of nitrogens with zero attached hydrogens (tertiary/aromatic N) is 1. The molecular weight excluding hydrogens is 410 g/mol. The summed E-state index contributed by atoms with van der Waals surface area (Å²) in [6.45, 7) is 5.93. The molecule has 2 aromatic rings. The molecular formula is C24H29N3O3S. The zero-order valence-corrected chi connectivity index (χ0v) is 19.0. The monoisotopic (exact) mass is 439 g/mol. The number of benzene rings is 2. The minimum Gasteiger partial charge on any atom is -0.497 e. The van der Waals surface area contributed by atoms with E-state index in [1.165, 1.54) is 0 Å². The maximum atomic E-state index is 13.4. The van der Waals surface area contributed by atoms with E-state index >= 15 is 0 Å². The van der Waals surface area contributed by atoms with Crippen LogP contribution in [0, 0.1) is 0 Å². The third-order valence-corrected chi connectivity index (χ3v) is 5.51. The van der Waals surface area contributed by atoms with Gasteiger partial charge in [0.25, 0.3) is 5.91 Å². The summed E-state index contributed by atoms with van der Waals surface area (Å²) in [4.78, 5) is 15.4. The number of carbonyl (C=O) groups is 1. The number of nitrogens with one attached hydrogen (secondary N) is 2. The first-order valence-corrected chi connectivity index (χ1v) is 10.8. The first kappa shape index (κ1) is 22.8. The smallest absolute Gasteiger partial charge is 0.255 e. The molecule has 1 heterocycles. The minimum absolute atomic E-state index is 0.176. The van der Waals surface area contributed by atoms with Crippen molar-refractivity contribution < 1.29 is 14.3 Å². The molecule has 6 nitrogen and oxygen atoms in total. The van der Waals surface area contributed by atoms with Gasteiger partial charge in [-0.05, 0) is 50.2 Å². The topological polar surface area (TPSA) is 62.8 Å². The molecule has 2 aromatic carbocycles. The summed E-state index contributed by atoms with van der Waals surface area (Å²) in [5.41, 5.74) is 3.13. The zero-order valence-electron chi connectivity index (χ0n) is 18.2. The van der Waals surface area contributed by atoms with Crippen LogP contribution in [0.4, 0.5) is 5.69 Å². The second kappa shape index (κ2) is 10.9. The maximum Gasteiger partial charge on any atom is 0.255 e. The summed E-state index contributed by atoms with van der Waals surface area (Å²) < 4.78 is 10.7. The van der Waals surface area contributed by atoms with E-state index in [4.69, 9.17) is 21.7 Å². The van der Waals surface area contributed by atoms with Crippen LogP contribution in [0.5, 0.6) is 5.75 Å². The first-order chi connectivity index (χ1) is 15.0. The zero-order chi connectivity index (χ0) is 22.2. The molecule has 0 spiro atoms. The molecule has 0 fully saturated rings. The Balaban J connectivity index is 1.92. The third kappa shape index (κ3) is 5.62. The van der Waals surface area contributed by atoms with Gasteiger partial charge in [0, 0.05) is 37.2 Å². The van der Waals surface area contributed by atoms with Crippen molar-refractivity contribution in [2.75, 3.05) is 32.2 Å². The van der Waals surface area contributed by atoms with Crippen LogP contribution in [0.15, 0.2) is 65.9 Å². The van der Waals surface area contributed by atoms with E-state index in [-0.39, 0.29) is 11.9 Å². The van der Waals surface area contributed by atoms with E-state index in [1.807, 2.05) is 67.3 Å². The van der Waals surface area contributed by atoms with Gasteiger partial charge in [-0.25, -0.2) is 0 Å². The molecule has 164 valence electrons. The molecule has 1 amide bonds. The van der Waals surface area contributed by atoms with Crippen molar-refractivity contribution in [3.63, 3.8) is 0 Å². The van der Waals surface area contributed by atoms with Crippen molar-refractivity contribution in [1.29, 1.82) is 0 Å². The lowest BCUT2D eigenvalue weighted by Gasteiger charge is -2.38. The fourth-order valence-corrected chi connectivity index (χ4v) is 3.95. The maximum absolute atomic E-state index is 13.4. The largest absolute Gasteiger partial charge is 0.497 e. The standard InChI is InChI=1S/C24H29N3O3S/c1-4-30-15-9-14-27-17(2)21(22(26-24(27)31)18-10-6-5-7-11-18)23(28)25-19-12-8-13-20(16-19)29-3/h5-8,10-13,16,22H,4,9,14-15H2,1-3H3,(H,25,28)(H,26,31). The van der Waals surface area contributed by atoms with Crippen LogP contribution in [-0.4, -0.2) is 42.8 Å². The molecule has 1 atom stereocenters. The number of anilines is 1. The molecule has 0 aromatic heterocycles. The van der Waals surface area contributed by atoms with Crippen molar-refractivity contribution in [2.45, 2.75) is 26.3 Å². The molecule has 1 aliphatic heterocycles. The Bertz CT molecular complexity index is 946. The predicted octanol–water partition coefficient (Wildman–Crippen LogP) is 4.27. The third-order valence-electron chi connectivity index (χ3n) is 5.18. The van der Waals surface area contributed by atoms with Crippen LogP contribution in [0.25, 0.3) is 0 Å². The van der Waals surface area contributed by atoms with Gasteiger partial charge >= 0.3 is 0 Å². The Kier molecular flexibility index (Phi) is 8.03. The number of carbonyl (C=O) groups excluding carboxylic acids is 1. The summed E-state index contributed by atoms with van der Waals surface area (Å²) in [5, 5.41) is 7.00. The molecule has 1 aliphatic rings. The number of amides is 1. The molecule has 0 radical (unpaired) electrons. The lowest BCUT2D eigenvalue weighted by molar-refractivity contribution is -0.113. The second-order valence-electron chi connectivity index (χ2n) is 7.18. The highest BCUT2D eigenvalue weighted by atomic mass is 32.1. The van der Waals surface area contributed by atoms with Crippen LogP contribution in [0.1, 0.15) is 31.9 Å². The Morgan fingerprint density at radius 2 is 1.97 bits per heavy atom. The van der Waals surface area contributed by atoms with Gasteiger partial charge in [-0.15, -0.1) is 0 Å². The van der Waals surface area contributed by atoms with Gasteiger partial charge < -0.3 is 25.0 Å². The van der Waals surface area contributed by atoms with E-state index in [0.717, 1.165) is 17.7 Å². The van der Waals surface area contributed by atoms with E-state index < -0.39 is 0 Å². The SMILES string of the molecule is CCOCCCN1C(=S)NC(c2ccccc2)C(C(=O)Nc2cccc(OC)c2)=C1C. The number of hydrogen-bond acceptors (Lipinski definition) is 4. The van der Waals surface area contributed by atoms with E-state index in [1.54, 1.807) is 13.2 Å².